The second-order valence-corrected chi connectivity index (χ2v) is 10.8. The topological polar surface area (TPSA) is 108 Å². The third-order valence-corrected chi connectivity index (χ3v) is 8.14. The van der Waals surface area contributed by atoms with Gasteiger partial charge in [0.25, 0.3) is 0 Å². The molecule has 2 aliphatic rings. The van der Waals surface area contributed by atoms with Crippen LogP contribution in [0.15, 0.2) is 24.3 Å². The Bertz CT molecular complexity index is 863. The van der Waals surface area contributed by atoms with Crippen LogP contribution in [0.1, 0.15) is 65.4 Å². The summed E-state index contributed by atoms with van der Waals surface area (Å²) in [4.78, 5) is 25.1. The molecule has 2 saturated carbocycles. The lowest BCUT2D eigenvalue weighted by Crippen LogP contribution is -2.61. The number of carbonyl (C=O) groups excluding carboxylic acids is 2. The smallest absolute Gasteiger partial charge is 0.407 e. The van der Waals surface area contributed by atoms with E-state index in [0.717, 1.165) is 5.56 Å². The van der Waals surface area contributed by atoms with Gasteiger partial charge in [0.1, 0.15) is 11.9 Å². The Balaban J connectivity index is 1.72. The van der Waals surface area contributed by atoms with Crippen molar-refractivity contribution in [3.05, 3.63) is 35.6 Å². The molecule has 0 aromatic heterocycles. The first-order chi connectivity index (χ1) is 16.0. The first-order valence-corrected chi connectivity index (χ1v) is 12.3. The highest BCUT2D eigenvalue weighted by atomic mass is 19.1. The number of nitrogens with one attached hydrogen (secondary N) is 2. The van der Waals surface area contributed by atoms with Gasteiger partial charge in [-0.1, -0.05) is 26.0 Å². The Morgan fingerprint density at radius 3 is 2.47 bits per heavy atom. The van der Waals surface area contributed by atoms with Gasteiger partial charge in [0.2, 0.25) is 5.91 Å². The zero-order valence-corrected chi connectivity index (χ0v) is 20.6. The van der Waals surface area contributed by atoms with Crippen LogP contribution in [0.3, 0.4) is 0 Å². The first kappa shape index (κ1) is 26.4. The van der Waals surface area contributed by atoms with E-state index in [1.807, 2.05) is 20.8 Å². The van der Waals surface area contributed by atoms with Crippen LogP contribution < -0.4 is 10.6 Å². The number of hydrogen-bond donors (Lipinski definition) is 4. The minimum absolute atomic E-state index is 0.0195. The molecule has 0 spiro atoms. The SMILES string of the molecule is CC(C)NC(=O)O[C@H]1CC[C@@]2(C)[C@@H](CC[C@@H](O)[C@H]2CC(=O)NCc2ccc(F)cc2)[C@]1(C)CO. The van der Waals surface area contributed by atoms with E-state index < -0.39 is 29.1 Å². The minimum atomic E-state index is -0.676. The van der Waals surface area contributed by atoms with Gasteiger partial charge in [-0.3, -0.25) is 4.79 Å². The summed E-state index contributed by atoms with van der Waals surface area (Å²) in [6.07, 6.45) is 1.05. The van der Waals surface area contributed by atoms with Crippen molar-refractivity contribution >= 4 is 12.0 Å². The van der Waals surface area contributed by atoms with Gasteiger partial charge in [-0.05, 0) is 74.5 Å². The lowest BCUT2D eigenvalue weighted by atomic mass is 9.46. The molecule has 34 heavy (non-hydrogen) atoms. The van der Waals surface area contributed by atoms with Gasteiger partial charge in [0.05, 0.1) is 12.7 Å². The molecule has 1 aromatic rings. The van der Waals surface area contributed by atoms with E-state index in [4.69, 9.17) is 4.74 Å². The zero-order valence-electron chi connectivity index (χ0n) is 20.6. The average molecular weight is 479 g/mol. The van der Waals surface area contributed by atoms with Crippen molar-refractivity contribution in [3.63, 3.8) is 0 Å². The number of aliphatic hydroxyl groups is 2. The van der Waals surface area contributed by atoms with E-state index >= 15 is 0 Å². The fraction of sp³-hybridized carbons (Fsp3) is 0.692. The predicted molar refractivity (Wildman–Crippen MR) is 126 cm³/mol. The molecule has 0 radical (unpaired) electrons. The second kappa shape index (κ2) is 10.6. The molecule has 2 aliphatic carbocycles. The summed E-state index contributed by atoms with van der Waals surface area (Å²) in [7, 11) is 0. The molecule has 0 aliphatic heterocycles. The molecular weight excluding hydrogens is 439 g/mol. The van der Waals surface area contributed by atoms with Crippen LogP contribution in [0.5, 0.6) is 0 Å². The molecule has 0 heterocycles. The number of rotatable bonds is 7. The minimum Gasteiger partial charge on any atom is -0.446 e. The molecule has 2 amide bonds. The van der Waals surface area contributed by atoms with Crippen LogP contribution in [0.25, 0.3) is 0 Å². The third-order valence-electron chi connectivity index (χ3n) is 8.14. The fourth-order valence-electron chi connectivity index (χ4n) is 6.25. The largest absolute Gasteiger partial charge is 0.446 e. The van der Waals surface area contributed by atoms with Crippen molar-refractivity contribution in [2.24, 2.45) is 22.7 Å². The Kier molecular flexibility index (Phi) is 8.24. The number of amides is 2. The molecule has 3 rings (SSSR count). The zero-order chi connectivity index (χ0) is 25.1. The molecule has 8 heteroatoms. The fourth-order valence-corrected chi connectivity index (χ4v) is 6.25. The summed E-state index contributed by atoms with van der Waals surface area (Å²) in [6.45, 7) is 7.91. The predicted octanol–water partition coefficient (Wildman–Crippen LogP) is 3.52. The number of halogens is 1. The maximum absolute atomic E-state index is 13.1. The molecular formula is C26H39FN2O5. The molecule has 190 valence electrons. The van der Waals surface area contributed by atoms with Gasteiger partial charge in [-0.25, -0.2) is 9.18 Å². The van der Waals surface area contributed by atoms with E-state index in [1.54, 1.807) is 12.1 Å². The Labute approximate surface area is 201 Å². The molecule has 4 N–H and O–H groups in total. The molecule has 0 saturated heterocycles. The van der Waals surface area contributed by atoms with E-state index in [1.165, 1.54) is 12.1 Å². The van der Waals surface area contributed by atoms with Crippen LogP contribution >= 0.6 is 0 Å². The highest BCUT2D eigenvalue weighted by Gasteiger charge is 2.60. The third kappa shape index (κ3) is 5.54. The van der Waals surface area contributed by atoms with Crippen molar-refractivity contribution in [1.82, 2.24) is 10.6 Å². The first-order valence-electron chi connectivity index (χ1n) is 12.3. The second-order valence-electron chi connectivity index (χ2n) is 10.8. The summed E-state index contributed by atoms with van der Waals surface area (Å²) in [6, 6.07) is 5.92. The van der Waals surface area contributed by atoms with Crippen molar-refractivity contribution < 1.29 is 28.9 Å². The lowest BCUT2D eigenvalue weighted by Gasteiger charge is -2.60. The molecule has 0 bridgehead atoms. The molecule has 1 aromatic carbocycles. The average Bonchev–Trinajstić information content (AvgIpc) is 2.77. The van der Waals surface area contributed by atoms with Gasteiger partial charge < -0.3 is 25.6 Å². The summed E-state index contributed by atoms with van der Waals surface area (Å²) in [5.74, 6) is -0.798. The lowest BCUT2D eigenvalue weighted by molar-refractivity contribution is -0.186. The van der Waals surface area contributed by atoms with Crippen molar-refractivity contribution in [2.45, 2.75) is 84.6 Å². The number of aliphatic hydroxyl groups excluding tert-OH is 2. The normalized spacial score (nSPS) is 33.2. The van der Waals surface area contributed by atoms with Crippen LogP contribution in [0, 0.1) is 28.5 Å². The number of benzene rings is 1. The monoisotopic (exact) mass is 478 g/mol. The van der Waals surface area contributed by atoms with Gasteiger partial charge in [0.15, 0.2) is 0 Å². The number of carbonyl (C=O) groups is 2. The molecule has 7 nitrogen and oxygen atoms in total. The Morgan fingerprint density at radius 1 is 1.18 bits per heavy atom. The van der Waals surface area contributed by atoms with Crippen molar-refractivity contribution in [2.75, 3.05) is 6.61 Å². The molecule has 2 fully saturated rings. The van der Waals surface area contributed by atoms with Crippen LogP contribution in [0.2, 0.25) is 0 Å². The maximum atomic E-state index is 13.1. The summed E-state index contributed by atoms with van der Waals surface area (Å²) in [5, 5.41) is 27.0. The summed E-state index contributed by atoms with van der Waals surface area (Å²) >= 11 is 0. The standard InChI is InChI=1S/C26H39FN2O5/c1-16(2)29-24(33)34-22-11-12-25(3)19(20(31)9-10-21(25)26(22,4)15-30)13-23(32)28-14-17-5-7-18(27)8-6-17/h5-8,16,19-22,30-31H,9-15H2,1-4H3,(H,28,32)(H,29,33)/t19-,20-,21-,22+,25-,26+/m1/s1. The summed E-state index contributed by atoms with van der Waals surface area (Å²) < 4.78 is 18.9. The summed E-state index contributed by atoms with van der Waals surface area (Å²) in [5.41, 5.74) is -0.269. The van der Waals surface area contributed by atoms with Gasteiger partial charge in [0, 0.05) is 24.4 Å². The van der Waals surface area contributed by atoms with E-state index in [2.05, 4.69) is 17.6 Å². The van der Waals surface area contributed by atoms with Crippen molar-refractivity contribution in [3.8, 4) is 0 Å². The molecule has 6 atom stereocenters. The number of hydrogen-bond acceptors (Lipinski definition) is 5. The maximum Gasteiger partial charge on any atom is 0.407 e. The van der Waals surface area contributed by atoms with E-state index in [0.29, 0.717) is 25.7 Å². The number of ether oxygens (including phenoxy) is 1. The highest BCUT2D eigenvalue weighted by Crippen LogP contribution is 2.61. The van der Waals surface area contributed by atoms with Crippen LogP contribution in [-0.4, -0.2) is 47.1 Å². The van der Waals surface area contributed by atoms with Crippen molar-refractivity contribution in [1.29, 1.82) is 0 Å². The van der Waals surface area contributed by atoms with Gasteiger partial charge in [-0.2, -0.15) is 0 Å². The van der Waals surface area contributed by atoms with Crippen LogP contribution in [0.4, 0.5) is 9.18 Å². The Hall–Kier alpha value is -2.19. The van der Waals surface area contributed by atoms with Gasteiger partial charge in [-0.15, -0.1) is 0 Å². The van der Waals surface area contributed by atoms with E-state index in [-0.39, 0.29) is 49.2 Å². The highest BCUT2D eigenvalue weighted by molar-refractivity contribution is 5.76. The molecule has 0 unspecified atom stereocenters. The van der Waals surface area contributed by atoms with Crippen LogP contribution in [-0.2, 0) is 16.1 Å². The van der Waals surface area contributed by atoms with E-state index in [9.17, 15) is 24.2 Å². The number of alkyl carbamates (subject to hydrolysis) is 1. The van der Waals surface area contributed by atoms with Gasteiger partial charge >= 0.3 is 6.09 Å². The quantitative estimate of drug-likeness (QED) is 0.480. The Morgan fingerprint density at radius 2 is 1.85 bits per heavy atom. The number of fused-ring (bicyclic) bond motifs is 1.